The molecule has 1 saturated heterocycles. The van der Waals surface area contributed by atoms with E-state index in [1.54, 1.807) is 0 Å². The third-order valence-electron chi connectivity index (χ3n) is 4.32. The van der Waals surface area contributed by atoms with E-state index < -0.39 is 0 Å². The van der Waals surface area contributed by atoms with E-state index in [1.165, 1.54) is 0 Å². The molecule has 1 fully saturated rings. The molecule has 1 unspecified atom stereocenters. The zero-order valence-electron chi connectivity index (χ0n) is 14.0. The third kappa shape index (κ3) is 4.34. The fraction of sp³-hybridized carbons (Fsp3) is 0.316. The normalized spacial score (nSPS) is 18.1. The lowest BCUT2D eigenvalue weighted by Gasteiger charge is -2.33. The van der Waals surface area contributed by atoms with Crippen molar-refractivity contribution in [1.29, 1.82) is 0 Å². The van der Waals surface area contributed by atoms with E-state index in [2.05, 4.69) is 28.0 Å². The molecular formula is C19H24N4O. The summed E-state index contributed by atoms with van der Waals surface area (Å²) >= 11 is 0. The van der Waals surface area contributed by atoms with Gasteiger partial charge in [-0.15, -0.1) is 0 Å². The molecule has 0 amide bonds. The van der Waals surface area contributed by atoms with Crippen molar-refractivity contribution in [2.75, 3.05) is 37.0 Å². The predicted molar refractivity (Wildman–Crippen MR) is 98.4 cm³/mol. The number of Topliss-reactive ketones (excluding diaryl/α,β-unsaturated/α-hetero) is 1. The minimum atomic E-state index is 0.173. The Morgan fingerprint density at radius 2 is 1.75 bits per heavy atom. The number of rotatable bonds is 6. The Morgan fingerprint density at radius 1 is 1.08 bits per heavy atom. The number of hydrogen-bond acceptors (Lipinski definition) is 5. The Morgan fingerprint density at radius 3 is 2.42 bits per heavy atom. The maximum atomic E-state index is 12.5. The van der Waals surface area contributed by atoms with Crippen molar-refractivity contribution in [2.45, 2.75) is 13.0 Å². The van der Waals surface area contributed by atoms with Crippen LogP contribution in [-0.4, -0.2) is 42.9 Å². The maximum Gasteiger partial charge on any atom is 0.176 e. The number of nitrogens with one attached hydrogen (secondary N) is 3. The molecule has 2 aromatic rings. The summed E-state index contributed by atoms with van der Waals surface area (Å²) in [5.74, 6) is 0.173. The van der Waals surface area contributed by atoms with Crippen LogP contribution >= 0.6 is 0 Å². The minimum Gasteiger partial charge on any atom is -0.314 e. The van der Waals surface area contributed by atoms with Gasteiger partial charge in [0.1, 0.15) is 0 Å². The molecular weight excluding hydrogens is 300 g/mol. The summed E-state index contributed by atoms with van der Waals surface area (Å²) in [4.78, 5) is 14.7. The van der Waals surface area contributed by atoms with Crippen LogP contribution in [0, 0.1) is 0 Å². The van der Waals surface area contributed by atoms with E-state index in [-0.39, 0.29) is 5.78 Å². The summed E-state index contributed by atoms with van der Waals surface area (Å²) in [5, 5.41) is 3.34. The molecule has 1 aliphatic rings. The molecule has 0 radical (unpaired) electrons. The molecule has 1 aliphatic heterocycles. The lowest BCUT2D eigenvalue weighted by molar-refractivity contribution is 0.0875. The van der Waals surface area contributed by atoms with Gasteiger partial charge in [-0.25, -0.2) is 0 Å². The monoisotopic (exact) mass is 324 g/mol. The molecule has 1 heterocycles. The smallest absolute Gasteiger partial charge is 0.176 e. The van der Waals surface area contributed by atoms with E-state index in [9.17, 15) is 4.79 Å². The quantitative estimate of drug-likeness (QED) is 0.563. The van der Waals surface area contributed by atoms with Gasteiger partial charge in [0.2, 0.25) is 0 Å². The van der Waals surface area contributed by atoms with Crippen molar-refractivity contribution in [3.63, 3.8) is 0 Å². The highest BCUT2D eigenvalue weighted by atomic mass is 16.1. The molecule has 3 rings (SSSR count). The Balaban J connectivity index is 1.54. The zero-order valence-corrected chi connectivity index (χ0v) is 14.0. The number of hydrazine groups is 1. The molecule has 126 valence electrons. The molecule has 0 bridgehead atoms. The second kappa shape index (κ2) is 7.95. The van der Waals surface area contributed by atoms with Crippen molar-refractivity contribution in [2.24, 2.45) is 0 Å². The van der Waals surface area contributed by atoms with Crippen LogP contribution in [0.1, 0.15) is 17.3 Å². The van der Waals surface area contributed by atoms with Crippen molar-refractivity contribution in [1.82, 2.24) is 10.2 Å². The van der Waals surface area contributed by atoms with Gasteiger partial charge in [-0.05, 0) is 43.3 Å². The maximum absolute atomic E-state index is 12.5. The van der Waals surface area contributed by atoms with Gasteiger partial charge in [0.05, 0.1) is 17.9 Å². The topological polar surface area (TPSA) is 56.4 Å². The average Bonchev–Trinajstić information content (AvgIpc) is 2.63. The molecule has 5 nitrogen and oxygen atoms in total. The number of carbonyl (C=O) groups excluding carboxylic acids is 1. The summed E-state index contributed by atoms with van der Waals surface area (Å²) in [6.07, 6.45) is 0. The van der Waals surface area contributed by atoms with Gasteiger partial charge in [-0.2, -0.15) is 0 Å². The average molecular weight is 324 g/mol. The summed E-state index contributed by atoms with van der Waals surface area (Å²) in [7, 11) is 0. The number of carbonyl (C=O) groups is 1. The molecule has 24 heavy (non-hydrogen) atoms. The van der Waals surface area contributed by atoms with Gasteiger partial charge < -0.3 is 16.2 Å². The Hall–Kier alpha value is -2.37. The second-order valence-corrected chi connectivity index (χ2v) is 6.14. The molecule has 0 aromatic heterocycles. The zero-order chi connectivity index (χ0) is 16.8. The van der Waals surface area contributed by atoms with Crippen molar-refractivity contribution >= 4 is 17.2 Å². The third-order valence-corrected chi connectivity index (χ3v) is 4.32. The number of piperazine rings is 1. The van der Waals surface area contributed by atoms with Gasteiger partial charge in [0.25, 0.3) is 0 Å². The van der Waals surface area contributed by atoms with Crippen LogP contribution in [0.2, 0.25) is 0 Å². The minimum absolute atomic E-state index is 0.173. The molecule has 1 atom stereocenters. The van der Waals surface area contributed by atoms with Crippen LogP contribution in [0.25, 0.3) is 0 Å². The lowest BCUT2D eigenvalue weighted by Crippen LogP contribution is -2.51. The van der Waals surface area contributed by atoms with Crippen LogP contribution in [0.15, 0.2) is 54.6 Å². The van der Waals surface area contributed by atoms with Crippen molar-refractivity contribution in [3.05, 3.63) is 60.2 Å². The number of nitrogens with zero attached hydrogens (tertiary/aromatic N) is 1. The fourth-order valence-electron chi connectivity index (χ4n) is 2.80. The number of benzene rings is 2. The molecule has 0 spiro atoms. The first kappa shape index (κ1) is 16.5. The van der Waals surface area contributed by atoms with Crippen molar-refractivity contribution < 1.29 is 4.79 Å². The van der Waals surface area contributed by atoms with Gasteiger partial charge >= 0.3 is 0 Å². The highest BCUT2D eigenvalue weighted by Crippen LogP contribution is 2.13. The first-order chi connectivity index (χ1) is 11.7. The van der Waals surface area contributed by atoms with E-state index in [0.717, 1.165) is 36.6 Å². The second-order valence-electron chi connectivity index (χ2n) is 6.14. The van der Waals surface area contributed by atoms with Crippen molar-refractivity contribution in [3.8, 4) is 0 Å². The van der Waals surface area contributed by atoms with Crippen LogP contribution in [0.5, 0.6) is 0 Å². The van der Waals surface area contributed by atoms with Gasteiger partial charge in [-0.1, -0.05) is 18.2 Å². The summed E-state index contributed by atoms with van der Waals surface area (Å²) in [5.41, 5.74) is 8.94. The molecule has 2 aromatic carbocycles. The molecule has 5 heteroatoms. The summed E-state index contributed by atoms with van der Waals surface area (Å²) < 4.78 is 0. The van der Waals surface area contributed by atoms with E-state index >= 15 is 0 Å². The van der Waals surface area contributed by atoms with E-state index in [1.807, 2.05) is 54.6 Å². The highest BCUT2D eigenvalue weighted by Gasteiger charge is 2.20. The molecule has 3 N–H and O–H groups in total. The predicted octanol–water partition coefficient (Wildman–Crippen LogP) is 2.60. The number of para-hydroxylation sites is 1. The first-order valence-electron chi connectivity index (χ1n) is 8.37. The SMILES string of the molecule is CC1CNCCN1CC(=O)c1ccc(NNc2ccccc2)cc1. The molecule has 0 saturated carbocycles. The van der Waals surface area contributed by atoms with Gasteiger partial charge in [-0.3, -0.25) is 9.69 Å². The number of ketones is 1. The highest BCUT2D eigenvalue weighted by molar-refractivity contribution is 5.97. The van der Waals surface area contributed by atoms with Gasteiger partial charge in [0, 0.05) is 31.2 Å². The molecule has 0 aliphatic carbocycles. The summed E-state index contributed by atoms with van der Waals surface area (Å²) in [6.45, 7) is 5.46. The number of hydrogen-bond donors (Lipinski definition) is 3. The Labute approximate surface area is 143 Å². The standard InChI is InChI=1S/C19H24N4O/c1-15-13-20-11-12-23(15)14-19(24)16-7-9-18(10-8-16)22-21-17-5-3-2-4-6-17/h2-10,15,20-22H,11-14H2,1H3. The van der Waals surface area contributed by atoms with Gasteiger partial charge in [0.15, 0.2) is 5.78 Å². The van der Waals surface area contributed by atoms with Crippen LogP contribution in [0.4, 0.5) is 11.4 Å². The van der Waals surface area contributed by atoms with Crippen LogP contribution in [0.3, 0.4) is 0 Å². The fourth-order valence-corrected chi connectivity index (χ4v) is 2.80. The largest absolute Gasteiger partial charge is 0.314 e. The lowest BCUT2D eigenvalue weighted by atomic mass is 10.1. The Kier molecular flexibility index (Phi) is 5.46. The van der Waals surface area contributed by atoms with Crippen LogP contribution in [-0.2, 0) is 0 Å². The van der Waals surface area contributed by atoms with Crippen LogP contribution < -0.4 is 16.2 Å². The van der Waals surface area contributed by atoms with E-state index in [4.69, 9.17) is 0 Å². The Bertz CT molecular complexity index is 657. The number of anilines is 2. The van der Waals surface area contributed by atoms with E-state index in [0.29, 0.717) is 12.6 Å². The summed E-state index contributed by atoms with van der Waals surface area (Å²) in [6, 6.07) is 17.9. The first-order valence-corrected chi connectivity index (χ1v) is 8.37.